The zero-order chi connectivity index (χ0) is 17.8. The molecule has 0 radical (unpaired) electrons. The number of nitrogens with zero attached hydrogens (tertiary/aromatic N) is 2. The lowest BCUT2D eigenvalue weighted by atomic mass is 9.97. The Balaban J connectivity index is 1.54. The van der Waals surface area contributed by atoms with E-state index in [1.807, 2.05) is 31.2 Å². The van der Waals surface area contributed by atoms with Gasteiger partial charge in [0.1, 0.15) is 0 Å². The fourth-order valence-corrected chi connectivity index (χ4v) is 3.97. The van der Waals surface area contributed by atoms with E-state index >= 15 is 0 Å². The Morgan fingerprint density at radius 2 is 1.84 bits per heavy atom. The van der Waals surface area contributed by atoms with Crippen molar-refractivity contribution < 1.29 is 14.7 Å². The average Bonchev–Trinajstić information content (AvgIpc) is 2.62. The summed E-state index contributed by atoms with van der Waals surface area (Å²) in [6, 6.07) is 8.25. The number of amides is 2. The predicted octanol–water partition coefficient (Wildman–Crippen LogP) is 2.33. The second kappa shape index (κ2) is 7.87. The summed E-state index contributed by atoms with van der Waals surface area (Å²) >= 11 is 0. The lowest BCUT2D eigenvalue weighted by molar-refractivity contribution is 0.0697. The van der Waals surface area contributed by atoms with Gasteiger partial charge in [0.15, 0.2) is 0 Å². The van der Waals surface area contributed by atoms with Crippen LogP contribution in [0.4, 0.5) is 4.79 Å². The Morgan fingerprint density at radius 1 is 1.12 bits per heavy atom. The summed E-state index contributed by atoms with van der Waals surface area (Å²) in [5.74, 6) is 0.00523. The molecule has 0 saturated carbocycles. The van der Waals surface area contributed by atoms with E-state index in [0.717, 1.165) is 49.9 Å². The smallest absolute Gasteiger partial charge is 0.407 e. The third-order valence-corrected chi connectivity index (χ3v) is 5.43. The number of aryl methyl sites for hydroxylation is 1. The number of hydrogen-bond acceptors (Lipinski definition) is 3. The standard InChI is InChI=1S/C19H27N3O3/c1-14-5-2-3-7-17(14)18(23)20-15-6-4-10-22(13-15)16-8-11-21(12-9-16)19(24)25/h2-3,5,7,15-16H,4,6,8-13H2,1H3,(H,20,23)(H,24,25). The summed E-state index contributed by atoms with van der Waals surface area (Å²) in [6.45, 7) is 5.07. The molecule has 1 aromatic rings. The molecule has 0 aliphatic carbocycles. The Hall–Kier alpha value is -2.08. The minimum absolute atomic E-state index is 0.00523. The number of carboxylic acid groups (broad SMARTS) is 1. The topological polar surface area (TPSA) is 72.9 Å². The van der Waals surface area contributed by atoms with Gasteiger partial charge in [-0.05, 0) is 50.8 Å². The maximum atomic E-state index is 12.5. The zero-order valence-electron chi connectivity index (χ0n) is 14.8. The molecule has 0 spiro atoms. The number of hydrogen-bond donors (Lipinski definition) is 2. The first-order chi connectivity index (χ1) is 12.0. The summed E-state index contributed by atoms with van der Waals surface area (Å²) in [5, 5.41) is 12.3. The van der Waals surface area contributed by atoms with E-state index < -0.39 is 6.09 Å². The zero-order valence-corrected chi connectivity index (χ0v) is 14.8. The lowest BCUT2D eigenvalue weighted by Gasteiger charge is -2.41. The number of rotatable bonds is 3. The molecule has 1 atom stereocenters. The maximum Gasteiger partial charge on any atom is 0.407 e. The van der Waals surface area contributed by atoms with Crippen molar-refractivity contribution in [3.8, 4) is 0 Å². The highest BCUT2D eigenvalue weighted by molar-refractivity contribution is 5.95. The molecule has 2 aliphatic heterocycles. The van der Waals surface area contributed by atoms with E-state index in [9.17, 15) is 9.59 Å². The molecule has 25 heavy (non-hydrogen) atoms. The Morgan fingerprint density at radius 3 is 2.52 bits per heavy atom. The normalized spacial score (nSPS) is 22.6. The molecule has 1 unspecified atom stereocenters. The summed E-state index contributed by atoms with van der Waals surface area (Å²) in [6.07, 6.45) is 3.01. The van der Waals surface area contributed by atoms with E-state index in [1.54, 1.807) is 0 Å². The molecule has 2 N–H and O–H groups in total. The molecule has 136 valence electrons. The molecule has 2 fully saturated rings. The van der Waals surface area contributed by atoms with E-state index in [0.29, 0.717) is 19.1 Å². The molecule has 1 aromatic carbocycles. The third kappa shape index (κ3) is 4.31. The van der Waals surface area contributed by atoms with Crippen LogP contribution in [0.15, 0.2) is 24.3 Å². The predicted molar refractivity (Wildman–Crippen MR) is 95.9 cm³/mol. The average molecular weight is 345 g/mol. The van der Waals surface area contributed by atoms with Gasteiger partial charge in [0.2, 0.25) is 0 Å². The first-order valence-corrected chi connectivity index (χ1v) is 9.13. The van der Waals surface area contributed by atoms with Crippen LogP contribution in [-0.4, -0.2) is 65.2 Å². The monoisotopic (exact) mass is 345 g/mol. The summed E-state index contributed by atoms with van der Waals surface area (Å²) in [4.78, 5) is 27.5. The Labute approximate surface area is 148 Å². The number of piperidine rings is 2. The molecule has 0 bridgehead atoms. The molecular formula is C19H27N3O3. The van der Waals surface area contributed by atoms with Gasteiger partial charge in [-0.2, -0.15) is 0 Å². The first kappa shape index (κ1) is 17.7. The summed E-state index contributed by atoms with van der Waals surface area (Å²) in [5.41, 5.74) is 1.74. The molecule has 2 saturated heterocycles. The second-order valence-corrected chi connectivity index (χ2v) is 7.12. The summed E-state index contributed by atoms with van der Waals surface area (Å²) < 4.78 is 0. The van der Waals surface area contributed by atoms with Gasteiger partial charge in [-0.15, -0.1) is 0 Å². The molecule has 2 amide bonds. The van der Waals surface area contributed by atoms with Crippen molar-refractivity contribution in [2.75, 3.05) is 26.2 Å². The largest absolute Gasteiger partial charge is 0.465 e. The molecule has 6 heteroatoms. The van der Waals surface area contributed by atoms with Gasteiger partial charge in [0, 0.05) is 37.3 Å². The highest BCUT2D eigenvalue weighted by Gasteiger charge is 2.30. The van der Waals surface area contributed by atoms with Gasteiger partial charge < -0.3 is 15.3 Å². The Kier molecular flexibility index (Phi) is 5.58. The van der Waals surface area contributed by atoms with Crippen LogP contribution >= 0.6 is 0 Å². The van der Waals surface area contributed by atoms with Gasteiger partial charge in [-0.25, -0.2) is 4.79 Å². The van der Waals surface area contributed by atoms with Crippen LogP contribution in [0, 0.1) is 6.92 Å². The van der Waals surface area contributed by atoms with Crippen molar-refractivity contribution in [3.63, 3.8) is 0 Å². The van der Waals surface area contributed by atoms with Crippen molar-refractivity contribution in [3.05, 3.63) is 35.4 Å². The van der Waals surface area contributed by atoms with Crippen molar-refractivity contribution in [2.45, 2.75) is 44.7 Å². The van der Waals surface area contributed by atoms with Crippen LogP contribution in [0.3, 0.4) is 0 Å². The molecule has 2 heterocycles. The third-order valence-electron chi connectivity index (χ3n) is 5.43. The van der Waals surface area contributed by atoms with Crippen molar-refractivity contribution in [1.29, 1.82) is 0 Å². The number of carbonyl (C=O) groups is 2. The molecular weight excluding hydrogens is 318 g/mol. The van der Waals surface area contributed by atoms with Crippen LogP contribution < -0.4 is 5.32 Å². The van der Waals surface area contributed by atoms with Crippen LogP contribution in [0.5, 0.6) is 0 Å². The minimum atomic E-state index is -0.819. The van der Waals surface area contributed by atoms with Crippen molar-refractivity contribution in [1.82, 2.24) is 15.1 Å². The van der Waals surface area contributed by atoms with Crippen LogP contribution in [-0.2, 0) is 0 Å². The highest BCUT2D eigenvalue weighted by atomic mass is 16.4. The van der Waals surface area contributed by atoms with Crippen molar-refractivity contribution in [2.24, 2.45) is 0 Å². The van der Waals surface area contributed by atoms with E-state index in [1.165, 1.54) is 4.90 Å². The van der Waals surface area contributed by atoms with Crippen LogP contribution in [0.1, 0.15) is 41.6 Å². The fraction of sp³-hybridized carbons (Fsp3) is 0.579. The van der Waals surface area contributed by atoms with E-state index in [4.69, 9.17) is 5.11 Å². The maximum absolute atomic E-state index is 12.5. The molecule has 0 aromatic heterocycles. The number of likely N-dealkylation sites (tertiary alicyclic amines) is 2. The quantitative estimate of drug-likeness (QED) is 0.882. The molecule has 2 aliphatic rings. The Bertz CT molecular complexity index is 626. The highest BCUT2D eigenvalue weighted by Crippen LogP contribution is 2.21. The first-order valence-electron chi connectivity index (χ1n) is 9.13. The van der Waals surface area contributed by atoms with Crippen LogP contribution in [0.2, 0.25) is 0 Å². The molecule has 6 nitrogen and oxygen atoms in total. The van der Waals surface area contributed by atoms with Gasteiger partial charge in [0.05, 0.1) is 0 Å². The van der Waals surface area contributed by atoms with Gasteiger partial charge >= 0.3 is 6.09 Å². The van der Waals surface area contributed by atoms with Crippen molar-refractivity contribution >= 4 is 12.0 Å². The van der Waals surface area contributed by atoms with Gasteiger partial charge in [-0.1, -0.05) is 18.2 Å². The SMILES string of the molecule is Cc1ccccc1C(=O)NC1CCCN(C2CCN(C(=O)O)CC2)C1. The number of nitrogens with one attached hydrogen (secondary N) is 1. The number of carbonyl (C=O) groups excluding carboxylic acids is 1. The second-order valence-electron chi connectivity index (χ2n) is 7.12. The van der Waals surface area contributed by atoms with Gasteiger partial charge in [-0.3, -0.25) is 9.69 Å². The number of benzene rings is 1. The van der Waals surface area contributed by atoms with Gasteiger partial charge in [0.25, 0.3) is 5.91 Å². The van der Waals surface area contributed by atoms with Crippen LogP contribution in [0.25, 0.3) is 0 Å². The van der Waals surface area contributed by atoms with E-state index in [2.05, 4.69) is 10.2 Å². The minimum Gasteiger partial charge on any atom is -0.465 e. The summed E-state index contributed by atoms with van der Waals surface area (Å²) in [7, 11) is 0. The lowest BCUT2D eigenvalue weighted by Crippen LogP contribution is -2.53. The fourth-order valence-electron chi connectivity index (χ4n) is 3.97. The molecule has 3 rings (SSSR count). The van der Waals surface area contributed by atoms with E-state index in [-0.39, 0.29) is 11.9 Å².